The summed E-state index contributed by atoms with van der Waals surface area (Å²) in [7, 11) is 0. The molecule has 0 aromatic carbocycles. The minimum absolute atomic E-state index is 0.661. The Labute approximate surface area is 164 Å². The van der Waals surface area contributed by atoms with Crippen LogP contribution in [0.4, 0.5) is 0 Å². The first kappa shape index (κ1) is 19.3. The van der Waals surface area contributed by atoms with Crippen molar-refractivity contribution in [2.24, 2.45) is 52.3 Å². The fraction of sp³-hybridized carbons (Fsp3) is 1.00. The summed E-state index contributed by atoms with van der Waals surface area (Å²) in [5.74, 6) is 7.23. The molecule has 4 rings (SSSR count). The highest BCUT2D eigenvalue weighted by atomic mass is 14.7. The molecule has 0 spiro atoms. The van der Waals surface area contributed by atoms with Gasteiger partial charge >= 0.3 is 0 Å². The molecule has 4 aliphatic carbocycles. The van der Waals surface area contributed by atoms with Gasteiger partial charge in [0, 0.05) is 0 Å². The van der Waals surface area contributed by atoms with Gasteiger partial charge in [-0.1, -0.05) is 66.7 Å². The summed E-state index contributed by atoms with van der Waals surface area (Å²) < 4.78 is 0. The maximum atomic E-state index is 2.76. The predicted octanol–water partition coefficient (Wildman–Crippen LogP) is 8.11. The number of hydrogen-bond donors (Lipinski definition) is 0. The molecule has 0 nitrogen and oxygen atoms in total. The van der Waals surface area contributed by atoms with Crippen molar-refractivity contribution < 1.29 is 0 Å². The van der Waals surface area contributed by atoms with Crippen LogP contribution in [-0.4, -0.2) is 0 Å². The molecule has 0 bridgehead atoms. The average Bonchev–Trinajstić information content (AvgIpc) is 2.94. The van der Waals surface area contributed by atoms with Crippen molar-refractivity contribution in [3.8, 4) is 0 Å². The van der Waals surface area contributed by atoms with E-state index in [1.165, 1.54) is 32.1 Å². The van der Waals surface area contributed by atoms with E-state index < -0.39 is 0 Å². The van der Waals surface area contributed by atoms with Crippen LogP contribution in [-0.2, 0) is 0 Å². The summed E-state index contributed by atoms with van der Waals surface area (Å²) in [5, 5.41) is 0. The molecular weight excluding hydrogens is 312 g/mol. The first-order valence-corrected chi connectivity index (χ1v) is 12.5. The predicted molar refractivity (Wildman–Crippen MR) is 113 cm³/mol. The van der Waals surface area contributed by atoms with E-state index >= 15 is 0 Å². The van der Waals surface area contributed by atoms with E-state index in [0.29, 0.717) is 10.8 Å². The van der Waals surface area contributed by atoms with Crippen molar-refractivity contribution in [2.45, 2.75) is 112 Å². The standard InChI is InChI=1S/C26H46/c1-6-10-18(3)24-19(7-2)17-23-21-13-12-20-11-8-9-15-25(20,4)22(21)14-16-26(23,24)5/h18-24H,6-17H2,1-5H3/t18-,19?,20?,21-,22+,23+,24+,25+,26+/m1/s1. The molecule has 150 valence electrons. The van der Waals surface area contributed by atoms with Crippen LogP contribution in [0.2, 0.25) is 0 Å². The van der Waals surface area contributed by atoms with E-state index in [9.17, 15) is 0 Å². The van der Waals surface area contributed by atoms with Crippen LogP contribution in [0.3, 0.4) is 0 Å². The second-order valence-corrected chi connectivity index (χ2v) is 11.6. The van der Waals surface area contributed by atoms with Crippen molar-refractivity contribution >= 4 is 0 Å². The topological polar surface area (TPSA) is 0 Å². The molecule has 0 heteroatoms. The lowest BCUT2D eigenvalue weighted by molar-refractivity contribution is -0.114. The molecule has 2 unspecified atom stereocenters. The van der Waals surface area contributed by atoms with E-state index in [1.807, 2.05) is 0 Å². The molecule has 9 atom stereocenters. The van der Waals surface area contributed by atoms with E-state index in [2.05, 4.69) is 34.6 Å². The van der Waals surface area contributed by atoms with Crippen LogP contribution in [0.25, 0.3) is 0 Å². The van der Waals surface area contributed by atoms with Gasteiger partial charge < -0.3 is 0 Å². The van der Waals surface area contributed by atoms with E-state index in [4.69, 9.17) is 0 Å². The molecule has 0 amide bonds. The van der Waals surface area contributed by atoms with Gasteiger partial charge in [0.2, 0.25) is 0 Å². The molecule has 0 N–H and O–H groups in total. The fourth-order valence-electron chi connectivity index (χ4n) is 9.68. The zero-order chi connectivity index (χ0) is 18.5. The van der Waals surface area contributed by atoms with Crippen molar-refractivity contribution in [3.63, 3.8) is 0 Å². The van der Waals surface area contributed by atoms with Crippen LogP contribution in [0.1, 0.15) is 112 Å². The smallest absolute Gasteiger partial charge is 0.0261 e. The number of rotatable bonds is 4. The molecule has 4 saturated carbocycles. The van der Waals surface area contributed by atoms with Crippen molar-refractivity contribution in [2.75, 3.05) is 0 Å². The summed E-state index contributed by atoms with van der Waals surface area (Å²) in [5.41, 5.74) is 1.37. The molecule has 0 heterocycles. The van der Waals surface area contributed by atoms with Gasteiger partial charge in [-0.15, -0.1) is 0 Å². The third-order valence-electron chi connectivity index (χ3n) is 10.7. The second kappa shape index (κ2) is 7.11. The Morgan fingerprint density at radius 1 is 0.885 bits per heavy atom. The van der Waals surface area contributed by atoms with E-state index in [1.54, 1.807) is 44.9 Å². The van der Waals surface area contributed by atoms with Gasteiger partial charge in [-0.05, 0) is 97.2 Å². The van der Waals surface area contributed by atoms with Gasteiger partial charge in [0.1, 0.15) is 0 Å². The summed E-state index contributed by atoms with van der Waals surface area (Å²) >= 11 is 0. The summed E-state index contributed by atoms with van der Waals surface area (Å²) in [6.45, 7) is 13.0. The lowest BCUT2D eigenvalue weighted by atomic mass is 9.44. The monoisotopic (exact) mass is 358 g/mol. The van der Waals surface area contributed by atoms with Gasteiger partial charge in [0.25, 0.3) is 0 Å². The Morgan fingerprint density at radius 3 is 2.42 bits per heavy atom. The Kier molecular flexibility index (Phi) is 5.28. The quantitative estimate of drug-likeness (QED) is 0.476. The maximum absolute atomic E-state index is 2.76. The largest absolute Gasteiger partial charge is 0.0654 e. The minimum Gasteiger partial charge on any atom is -0.0654 e. The maximum Gasteiger partial charge on any atom is -0.0261 e. The minimum atomic E-state index is 0.661. The van der Waals surface area contributed by atoms with Gasteiger partial charge in [-0.3, -0.25) is 0 Å². The molecule has 0 radical (unpaired) electrons. The molecule has 4 fully saturated rings. The Morgan fingerprint density at radius 2 is 1.69 bits per heavy atom. The second-order valence-electron chi connectivity index (χ2n) is 11.6. The Bertz CT molecular complexity index is 494. The van der Waals surface area contributed by atoms with Gasteiger partial charge in [-0.25, -0.2) is 0 Å². The number of hydrogen-bond acceptors (Lipinski definition) is 0. The molecule has 4 aliphatic rings. The molecule has 0 aliphatic heterocycles. The highest BCUT2D eigenvalue weighted by molar-refractivity contribution is 5.10. The SMILES string of the molecule is CCC[C@@H](C)[C@H]1C(CC)C[C@H]2[C@@H]3CCC4CCCC[C@]4(C)[C@H]3CC[C@]12C. The van der Waals surface area contributed by atoms with Crippen LogP contribution < -0.4 is 0 Å². The van der Waals surface area contributed by atoms with E-state index in [-0.39, 0.29) is 0 Å². The van der Waals surface area contributed by atoms with Crippen LogP contribution >= 0.6 is 0 Å². The van der Waals surface area contributed by atoms with E-state index in [0.717, 1.165) is 41.4 Å². The van der Waals surface area contributed by atoms with Gasteiger partial charge in [0.05, 0.1) is 0 Å². The summed E-state index contributed by atoms with van der Waals surface area (Å²) in [6, 6.07) is 0. The Hall–Kier alpha value is 0. The lowest BCUT2D eigenvalue weighted by Crippen LogP contribution is -2.53. The highest BCUT2D eigenvalue weighted by Crippen LogP contribution is 2.69. The lowest BCUT2D eigenvalue weighted by Gasteiger charge is -2.61. The van der Waals surface area contributed by atoms with Crippen molar-refractivity contribution in [1.82, 2.24) is 0 Å². The fourth-order valence-corrected chi connectivity index (χ4v) is 9.68. The molecule has 0 aromatic heterocycles. The molecule has 0 aromatic rings. The first-order valence-electron chi connectivity index (χ1n) is 12.5. The summed E-state index contributed by atoms with van der Waals surface area (Å²) in [4.78, 5) is 0. The average molecular weight is 359 g/mol. The zero-order valence-corrected chi connectivity index (χ0v) is 18.5. The van der Waals surface area contributed by atoms with Crippen LogP contribution in [0.5, 0.6) is 0 Å². The normalized spacial score (nSPS) is 52.0. The first-order chi connectivity index (χ1) is 12.5. The van der Waals surface area contributed by atoms with Gasteiger partial charge in [-0.2, -0.15) is 0 Å². The van der Waals surface area contributed by atoms with Crippen molar-refractivity contribution in [3.05, 3.63) is 0 Å². The molecule has 26 heavy (non-hydrogen) atoms. The number of fused-ring (bicyclic) bond motifs is 5. The molecular formula is C26H46. The third-order valence-corrected chi connectivity index (χ3v) is 10.7. The third kappa shape index (κ3) is 2.75. The highest BCUT2D eigenvalue weighted by Gasteiger charge is 2.61. The van der Waals surface area contributed by atoms with Crippen LogP contribution in [0, 0.1) is 52.3 Å². The Balaban J connectivity index is 1.62. The summed E-state index contributed by atoms with van der Waals surface area (Å²) in [6.07, 6.45) is 18.2. The van der Waals surface area contributed by atoms with Crippen LogP contribution in [0.15, 0.2) is 0 Å². The van der Waals surface area contributed by atoms with Gasteiger partial charge in [0.15, 0.2) is 0 Å². The zero-order valence-electron chi connectivity index (χ0n) is 18.5. The molecule has 0 saturated heterocycles. The van der Waals surface area contributed by atoms with Crippen molar-refractivity contribution in [1.29, 1.82) is 0 Å².